The van der Waals surface area contributed by atoms with Crippen LogP contribution in [0.2, 0.25) is 0 Å². The van der Waals surface area contributed by atoms with E-state index in [1.54, 1.807) is 31.0 Å². The Labute approximate surface area is 194 Å². The van der Waals surface area contributed by atoms with Crippen LogP contribution in [0.4, 0.5) is 19.0 Å². The number of hydrogen-bond acceptors (Lipinski definition) is 5. The third-order valence-electron chi connectivity index (χ3n) is 6.48. The van der Waals surface area contributed by atoms with Gasteiger partial charge in [0.1, 0.15) is 17.8 Å². The molecule has 1 aromatic carbocycles. The number of carbonyl (C=O) groups is 1. The van der Waals surface area contributed by atoms with Gasteiger partial charge in [0, 0.05) is 38.7 Å². The predicted molar refractivity (Wildman–Crippen MR) is 122 cm³/mol. The summed E-state index contributed by atoms with van der Waals surface area (Å²) in [6, 6.07) is 6.47. The minimum Gasteiger partial charge on any atom is -0.363 e. The van der Waals surface area contributed by atoms with E-state index >= 15 is 0 Å². The molecule has 1 fully saturated rings. The molecule has 4 rings (SSSR count). The smallest absolute Gasteiger partial charge is 0.363 e. The number of anilines is 1. The highest BCUT2D eigenvalue weighted by Crippen LogP contribution is 2.33. The minimum absolute atomic E-state index is 0.00681. The summed E-state index contributed by atoms with van der Waals surface area (Å²) in [6.45, 7) is 4.47. The normalized spacial score (nSPS) is 16.0. The molecule has 1 saturated heterocycles. The number of carbonyl (C=O) groups excluding carboxylic acids is 1. The zero-order valence-corrected chi connectivity index (χ0v) is 19.2. The van der Waals surface area contributed by atoms with Crippen molar-refractivity contribution in [2.24, 2.45) is 7.05 Å². The number of aryl methyl sites for hydroxylation is 1. The summed E-state index contributed by atoms with van der Waals surface area (Å²) in [5, 5.41) is 3.81. The van der Waals surface area contributed by atoms with Gasteiger partial charge in [-0.3, -0.25) is 14.2 Å². The molecule has 180 valence electrons. The van der Waals surface area contributed by atoms with Crippen molar-refractivity contribution in [1.29, 1.82) is 0 Å². The molecule has 10 heteroatoms. The molecule has 3 aromatic rings. The second-order valence-corrected chi connectivity index (χ2v) is 8.69. The van der Waals surface area contributed by atoms with E-state index in [9.17, 15) is 22.8 Å². The minimum atomic E-state index is -4.43. The molecule has 1 aliphatic heterocycles. The number of fused-ring (bicyclic) bond motifs is 1. The summed E-state index contributed by atoms with van der Waals surface area (Å²) in [4.78, 5) is 35.1. The van der Waals surface area contributed by atoms with Crippen LogP contribution in [-0.2, 0) is 18.0 Å². The Kier molecular flexibility index (Phi) is 6.33. The predicted octanol–water partition coefficient (Wildman–Crippen LogP) is 4.25. The Morgan fingerprint density at radius 1 is 1.18 bits per heavy atom. The van der Waals surface area contributed by atoms with Gasteiger partial charge in [-0.25, -0.2) is 9.97 Å². The lowest BCUT2D eigenvalue weighted by Crippen LogP contribution is -2.38. The molecular weight excluding hydrogens is 447 g/mol. The number of halogens is 3. The molecule has 0 spiro atoms. The average Bonchev–Trinajstić information content (AvgIpc) is 2.81. The number of aromatic nitrogens is 3. The van der Waals surface area contributed by atoms with Crippen molar-refractivity contribution in [2.75, 3.05) is 18.4 Å². The summed E-state index contributed by atoms with van der Waals surface area (Å²) >= 11 is 0. The fourth-order valence-electron chi connectivity index (χ4n) is 4.48. The van der Waals surface area contributed by atoms with Gasteiger partial charge in [0.15, 0.2) is 0 Å². The van der Waals surface area contributed by atoms with E-state index < -0.39 is 17.8 Å². The summed E-state index contributed by atoms with van der Waals surface area (Å²) in [5.74, 6) is 0.453. The van der Waals surface area contributed by atoms with Crippen molar-refractivity contribution >= 4 is 22.8 Å². The molecule has 34 heavy (non-hydrogen) atoms. The zero-order chi connectivity index (χ0) is 24.6. The number of pyridine rings is 1. The van der Waals surface area contributed by atoms with Gasteiger partial charge in [0.2, 0.25) is 5.91 Å². The first-order valence-corrected chi connectivity index (χ1v) is 11.1. The number of amides is 1. The lowest BCUT2D eigenvalue weighted by molar-refractivity contribution is -0.137. The Morgan fingerprint density at radius 2 is 1.88 bits per heavy atom. The molecule has 1 N–H and O–H groups in total. The van der Waals surface area contributed by atoms with Gasteiger partial charge in [-0.05, 0) is 49.4 Å². The van der Waals surface area contributed by atoms with Crippen molar-refractivity contribution in [3.63, 3.8) is 0 Å². The van der Waals surface area contributed by atoms with Gasteiger partial charge in [0.05, 0.1) is 10.9 Å². The first-order chi connectivity index (χ1) is 16.1. The fourth-order valence-corrected chi connectivity index (χ4v) is 4.48. The van der Waals surface area contributed by atoms with Gasteiger partial charge in [0.25, 0.3) is 5.56 Å². The van der Waals surface area contributed by atoms with E-state index in [1.165, 1.54) is 23.9 Å². The van der Waals surface area contributed by atoms with Crippen LogP contribution in [0.15, 0.2) is 41.5 Å². The third-order valence-corrected chi connectivity index (χ3v) is 6.48. The molecule has 7 nitrogen and oxygen atoms in total. The lowest BCUT2D eigenvalue weighted by Gasteiger charge is -2.31. The number of alkyl halides is 3. The van der Waals surface area contributed by atoms with Crippen LogP contribution in [0.25, 0.3) is 11.0 Å². The van der Waals surface area contributed by atoms with E-state index in [2.05, 4.69) is 15.3 Å². The lowest BCUT2D eigenvalue weighted by atomic mass is 9.89. The highest BCUT2D eigenvalue weighted by Gasteiger charge is 2.31. The second kappa shape index (κ2) is 9.08. The SMILES string of the molecule is CC(=O)N1CCC(c2cc3c(N[C@H](C)c4cccc(C(F)(F)F)c4)ncnc3n(C)c2=O)CC1. The van der Waals surface area contributed by atoms with Crippen LogP contribution in [0.5, 0.6) is 0 Å². The molecule has 0 bridgehead atoms. The summed E-state index contributed by atoms with van der Waals surface area (Å²) in [5.41, 5.74) is 0.659. The molecule has 1 amide bonds. The van der Waals surface area contributed by atoms with E-state index in [0.29, 0.717) is 53.9 Å². The van der Waals surface area contributed by atoms with Crippen molar-refractivity contribution in [1.82, 2.24) is 19.4 Å². The number of rotatable bonds is 4. The van der Waals surface area contributed by atoms with Crippen LogP contribution in [-0.4, -0.2) is 38.4 Å². The van der Waals surface area contributed by atoms with E-state index in [-0.39, 0.29) is 17.4 Å². The fraction of sp³-hybridized carbons (Fsp3) is 0.417. The van der Waals surface area contributed by atoms with Crippen molar-refractivity contribution < 1.29 is 18.0 Å². The number of likely N-dealkylation sites (tertiary alicyclic amines) is 1. The quantitative estimate of drug-likeness (QED) is 0.613. The van der Waals surface area contributed by atoms with Gasteiger partial charge in [-0.15, -0.1) is 0 Å². The Bertz CT molecular complexity index is 1280. The maximum atomic E-state index is 13.1. The van der Waals surface area contributed by atoms with Gasteiger partial charge >= 0.3 is 6.18 Å². The Hall–Kier alpha value is -3.43. The molecule has 0 aliphatic carbocycles. The first-order valence-electron chi connectivity index (χ1n) is 11.1. The van der Waals surface area contributed by atoms with Crippen molar-refractivity contribution in [3.8, 4) is 0 Å². The molecule has 0 radical (unpaired) electrons. The van der Waals surface area contributed by atoms with Gasteiger partial charge in [-0.2, -0.15) is 13.2 Å². The Morgan fingerprint density at radius 3 is 2.53 bits per heavy atom. The first kappa shape index (κ1) is 23.7. The van der Waals surface area contributed by atoms with Gasteiger partial charge < -0.3 is 10.2 Å². The molecule has 2 aromatic heterocycles. The topological polar surface area (TPSA) is 80.1 Å². The summed E-state index contributed by atoms with van der Waals surface area (Å²) < 4.78 is 40.9. The molecule has 3 heterocycles. The number of benzene rings is 1. The standard InChI is InChI=1S/C24H26F3N5O2/c1-14(17-5-4-6-18(11-17)24(25,26)27)30-21-20-12-19(16-7-9-32(10-8-16)15(2)33)23(34)31(3)22(20)29-13-28-21/h4-6,11-14,16H,7-10H2,1-3H3,(H,28,29,30)/t14-/m1/s1. The highest BCUT2D eigenvalue weighted by molar-refractivity contribution is 5.87. The number of hydrogen-bond donors (Lipinski definition) is 1. The molecule has 1 atom stereocenters. The van der Waals surface area contributed by atoms with E-state index in [4.69, 9.17) is 0 Å². The van der Waals surface area contributed by atoms with Crippen LogP contribution < -0.4 is 10.9 Å². The number of nitrogens with one attached hydrogen (secondary N) is 1. The number of nitrogens with zero attached hydrogens (tertiary/aromatic N) is 4. The molecule has 0 unspecified atom stereocenters. The maximum Gasteiger partial charge on any atom is 0.416 e. The molecular formula is C24H26F3N5O2. The Balaban J connectivity index is 1.68. The largest absolute Gasteiger partial charge is 0.416 e. The third kappa shape index (κ3) is 4.62. The van der Waals surface area contributed by atoms with Crippen molar-refractivity contribution in [3.05, 3.63) is 63.7 Å². The summed E-state index contributed by atoms with van der Waals surface area (Å²) in [7, 11) is 1.64. The highest BCUT2D eigenvalue weighted by atomic mass is 19.4. The van der Waals surface area contributed by atoms with E-state index in [1.807, 2.05) is 0 Å². The van der Waals surface area contributed by atoms with Crippen LogP contribution in [0.1, 0.15) is 55.3 Å². The monoisotopic (exact) mass is 473 g/mol. The van der Waals surface area contributed by atoms with Crippen LogP contribution >= 0.6 is 0 Å². The second-order valence-electron chi connectivity index (χ2n) is 8.69. The van der Waals surface area contributed by atoms with Crippen molar-refractivity contribution in [2.45, 2.75) is 44.8 Å². The van der Waals surface area contributed by atoms with Crippen LogP contribution in [0, 0.1) is 0 Å². The number of piperidine rings is 1. The van der Waals surface area contributed by atoms with Gasteiger partial charge in [-0.1, -0.05) is 12.1 Å². The summed E-state index contributed by atoms with van der Waals surface area (Å²) in [6.07, 6.45) is -1.74. The molecule has 1 aliphatic rings. The average molecular weight is 473 g/mol. The van der Waals surface area contributed by atoms with E-state index in [0.717, 1.165) is 12.1 Å². The zero-order valence-electron chi connectivity index (χ0n) is 19.2. The van der Waals surface area contributed by atoms with Crippen LogP contribution in [0.3, 0.4) is 0 Å². The maximum absolute atomic E-state index is 13.1. The molecule has 0 saturated carbocycles.